The Kier molecular flexibility index (Phi) is 30.1. The van der Waals surface area contributed by atoms with Gasteiger partial charge in [-0.3, -0.25) is 24.0 Å². The van der Waals surface area contributed by atoms with Gasteiger partial charge in [-0.2, -0.15) is 0 Å². The van der Waals surface area contributed by atoms with Gasteiger partial charge in [0.2, 0.25) is 11.8 Å². The van der Waals surface area contributed by atoms with Crippen LogP contribution in [0.2, 0.25) is 0 Å². The fourth-order valence-corrected chi connectivity index (χ4v) is 7.39. The number of carboxylic acid groups (broad SMARTS) is 1. The Bertz CT molecular complexity index is 3780. The molecule has 0 bridgehead atoms. The molecule has 17 heteroatoms. The number of benzene rings is 9. The molecule has 2 heterocycles. The van der Waals surface area contributed by atoms with Crippen molar-refractivity contribution in [3.8, 4) is 0 Å². The molecule has 6 N–H and O–H groups in total. The first-order valence-electron chi connectivity index (χ1n) is 27.4. The van der Waals surface area contributed by atoms with E-state index in [0.717, 1.165) is 39.7 Å². The summed E-state index contributed by atoms with van der Waals surface area (Å²) >= 11 is 0. The third-order valence-electron chi connectivity index (χ3n) is 11.7. The van der Waals surface area contributed by atoms with Crippen LogP contribution in [-0.4, -0.2) is 71.9 Å². The average molecular weight is 1190 g/mol. The van der Waals surface area contributed by atoms with Crippen molar-refractivity contribution in [1.29, 1.82) is 0 Å². The van der Waals surface area contributed by atoms with E-state index in [2.05, 4.69) is 32.6 Å². The molecule has 0 fully saturated rings. The van der Waals surface area contributed by atoms with Gasteiger partial charge in [0, 0.05) is 40.9 Å². The first-order chi connectivity index (χ1) is 43.5. The van der Waals surface area contributed by atoms with Crippen LogP contribution in [0.15, 0.2) is 294 Å². The Morgan fingerprint density at radius 1 is 0.517 bits per heavy atom. The van der Waals surface area contributed by atoms with Gasteiger partial charge < -0.3 is 36.3 Å². The van der Waals surface area contributed by atoms with Crippen LogP contribution in [0, 0.1) is 6.65 Å². The summed E-state index contributed by atoms with van der Waals surface area (Å²) in [7, 11) is 0. The minimum atomic E-state index is -1.05. The second kappa shape index (κ2) is 39.5. The number of hydrogen-bond donors (Lipinski definition) is 5. The molecule has 0 aliphatic carbocycles. The van der Waals surface area contributed by atoms with E-state index < -0.39 is 11.9 Å². The van der Waals surface area contributed by atoms with Crippen LogP contribution in [0.4, 0.5) is 0 Å². The second-order valence-corrected chi connectivity index (χ2v) is 18.2. The maximum atomic E-state index is 12.7. The van der Waals surface area contributed by atoms with E-state index in [1.807, 2.05) is 206 Å². The van der Waals surface area contributed by atoms with Crippen LogP contribution in [0.25, 0.3) is 12.2 Å². The number of cyclic esters (lactones) is 2. The molecule has 0 spiro atoms. The fourth-order valence-electron chi connectivity index (χ4n) is 7.39. The molecule has 2 aliphatic rings. The Labute approximate surface area is 515 Å². The Balaban J connectivity index is 0.000000204. The van der Waals surface area contributed by atoms with Gasteiger partial charge in [0.25, 0.3) is 17.7 Å². The summed E-state index contributed by atoms with van der Waals surface area (Å²) in [5, 5.41) is 16.1. The molecule has 0 saturated heterocycles. The number of rotatable bonds is 14. The van der Waals surface area contributed by atoms with E-state index in [4.69, 9.17) is 25.0 Å². The number of carbonyl (C=O) groups is 7. The van der Waals surface area contributed by atoms with Crippen molar-refractivity contribution in [2.24, 2.45) is 15.7 Å². The number of esters is 2. The van der Waals surface area contributed by atoms with Crippen LogP contribution >= 0.6 is 0 Å². The molecular formula is C72H62N6O11. The normalized spacial score (nSPS) is 11.9. The SMILES string of the molecule is NCc1ccccc1.O=C(NCc1ccccc1)/C(=C/c1ccccc1)NC(=O)c1ccccc1.O=C(O)CNC(=O)c1ccccc1.O=C1CN=C(c2ccccc2)O1.O=C1OC(c2ccccc2)=N/C1=C\c1ccccc1.O=Cc1ccccc1.[C-]#[O+]. The van der Waals surface area contributed by atoms with Crippen molar-refractivity contribution < 1.29 is 52.8 Å². The molecule has 3 amide bonds. The van der Waals surface area contributed by atoms with Gasteiger partial charge in [-0.1, -0.05) is 224 Å². The molecule has 11 rings (SSSR count). The minimum absolute atomic E-state index is 0.143. The maximum absolute atomic E-state index is 12.7. The molecule has 9 aromatic carbocycles. The number of nitrogens with one attached hydrogen (secondary N) is 3. The Hall–Kier alpha value is -12.0. The summed E-state index contributed by atoms with van der Waals surface area (Å²) in [6.07, 6.45) is 4.22. The molecule has 0 radical (unpaired) electrons. The first-order valence-corrected chi connectivity index (χ1v) is 27.4. The van der Waals surface area contributed by atoms with Gasteiger partial charge in [-0.25, -0.2) is 19.6 Å². The molecule has 17 nitrogen and oxygen atoms in total. The summed E-state index contributed by atoms with van der Waals surface area (Å²) in [6.45, 7) is 5.31. The van der Waals surface area contributed by atoms with Crippen LogP contribution in [0.1, 0.15) is 64.5 Å². The van der Waals surface area contributed by atoms with Crippen molar-refractivity contribution in [1.82, 2.24) is 16.0 Å². The van der Waals surface area contributed by atoms with Crippen molar-refractivity contribution in [2.45, 2.75) is 13.1 Å². The van der Waals surface area contributed by atoms with E-state index in [0.29, 0.717) is 41.7 Å². The van der Waals surface area contributed by atoms with E-state index in [1.54, 1.807) is 78.9 Å². The number of hydrogen-bond acceptors (Lipinski definition) is 12. The standard InChI is InChI=1S/C23H20N2O2.C16H11NO2.C9H9NO3.C9H7NO2.C7H9N.C7H6O.CO/c26-22(20-14-8-3-9-15-20)25-21(16-18-10-4-1-5-11-18)23(27)24-17-19-12-6-2-7-13-19;18-16-14(11-12-7-3-1-4-8-12)17-15(19-16)13-9-5-2-6-10-13;11-8(12)6-10-9(13)7-4-2-1-3-5-7;11-8-6-10-9(12-8)7-4-2-1-3-5-7;2*8-6-7-4-2-1-3-5-7;1-2/h1-16H,17H2,(H,24,27)(H,25,26);1-11H;1-5H,6H2,(H,10,13)(H,11,12);1-5H,6H2;1-5H,6,8H2;1-6H;/b21-16-;14-11-;;;;;. The molecule has 0 aromatic heterocycles. The van der Waals surface area contributed by atoms with Crippen molar-refractivity contribution in [3.05, 3.63) is 341 Å². The summed E-state index contributed by atoms with van der Waals surface area (Å²) in [4.78, 5) is 87.1. The first kappa shape index (κ1) is 67.8. The van der Waals surface area contributed by atoms with Gasteiger partial charge in [0.1, 0.15) is 25.1 Å². The van der Waals surface area contributed by atoms with E-state index in [1.165, 1.54) is 5.56 Å². The van der Waals surface area contributed by atoms with Gasteiger partial charge in [-0.15, -0.1) is 0 Å². The molecule has 0 saturated carbocycles. The summed E-state index contributed by atoms with van der Waals surface area (Å²) in [5.41, 5.74) is 13.1. The number of ether oxygens (including phenoxy) is 2. The zero-order chi connectivity index (χ0) is 63.7. The summed E-state index contributed by atoms with van der Waals surface area (Å²) in [5.74, 6) is -2.00. The quantitative estimate of drug-likeness (QED) is 0.0225. The number of carboxylic acids is 1. The number of aliphatic carboxylic acids is 1. The predicted octanol–water partition coefficient (Wildman–Crippen LogP) is 10.9. The topological polar surface area (TPSA) is 265 Å². The predicted molar refractivity (Wildman–Crippen MR) is 341 cm³/mol. The van der Waals surface area contributed by atoms with Crippen molar-refractivity contribution in [3.63, 3.8) is 0 Å². The molecular weight excluding hydrogens is 1120 g/mol. The Morgan fingerprint density at radius 2 is 0.933 bits per heavy atom. The second-order valence-electron chi connectivity index (χ2n) is 18.2. The van der Waals surface area contributed by atoms with Gasteiger partial charge in [0.15, 0.2) is 5.70 Å². The zero-order valence-corrected chi connectivity index (χ0v) is 48.0. The van der Waals surface area contributed by atoms with Crippen LogP contribution in [0.5, 0.6) is 0 Å². The number of aldehydes is 1. The number of aliphatic imine (C=N–C) groups is 2. The summed E-state index contributed by atoms with van der Waals surface area (Å²) in [6, 6.07) is 83.7. The van der Waals surface area contributed by atoms with Crippen LogP contribution in [0.3, 0.4) is 0 Å². The molecule has 89 heavy (non-hydrogen) atoms. The monoisotopic (exact) mass is 1190 g/mol. The van der Waals surface area contributed by atoms with E-state index in [-0.39, 0.29) is 42.5 Å². The van der Waals surface area contributed by atoms with Crippen LogP contribution < -0.4 is 21.7 Å². The number of nitrogens with two attached hydrogens (primary N) is 1. The van der Waals surface area contributed by atoms with Crippen molar-refractivity contribution in [2.75, 3.05) is 13.1 Å². The molecule has 2 aliphatic heterocycles. The zero-order valence-electron chi connectivity index (χ0n) is 48.0. The molecule has 0 unspecified atom stereocenters. The van der Waals surface area contributed by atoms with E-state index >= 15 is 0 Å². The number of amides is 3. The molecule has 9 aromatic rings. The average Bonchev–Trinajstić information content (AvgIpc) is 4.43. The third-order valence-corrected chi connectivity index (χ3v) is 11.7. The fraction of sp³-hybridized carbons (Fsp3) is 0.0556. The van der Waals surface area contributed by atoms with Crippen LogP contribution in [-0.2, 0) is 46.4 Å². The molecule has 0 atom stereocenters. The summed E-state index contributed by atoms with van der Waals surface area (Å²) < 4.78 is 17.5. The molecule has 446 valence electrons. The Morgan fingerprint density at radius 3 is 1.36 bits per heavy atom. The van der Waals surface area contributed by atoms with Gasteiger partial charge >= 0.3 is 29.2 Å². The third kappa shape index (κ3) is 25.8. The van der Waals surface area contributed by atoms with Gasteiger partial charge in [0.05, 0.1) is 0 Å². The van der Waals surface area contributed by atoms with E-state index in [9.17, 15) is 33.6 Å². The number of carbonyl (C=O) groups excluding carboxylic acids is 6. The van der Waals surface area contributed by atoms with Gasteiger partial charge in [-0.05, 0) is 82.9 Å². The number of nitrogens with zero attached hydrogens (tertiary/aromatic N) is 2. The van der Waals surface area contributed by atoms with Crippen molar-refractivity contribution >= 4 is 65.9 Å².